The molecule has 0 aromatic heterocycles. The number of nitrogens with two attached hydrogens (primary N) is 1. The van der Waals surface area contributed by atoms with Crippen LogP contribution in [0.4, 0.5) is 0 Å². The van der Waals surface area contributed by atoms with Crippen molar-refractivity contribution >= 4 is 15.9 Å². The number of hydrogen-bond acceptors (Lipinski definition) is 3. The summed E-state index contributed by atoms with van der Waals surface area (Å²) in [4.78, 5) is 0. The number of methoxy groups -OCH3 is 1. The Morgan fingerprint density at radius 2 is 2.06 bits per heavy atom. The minimum atomic E-state index is 0.133. The van der Waals surface area contributed by atoms with E-state index in [0.29, 0.717) is 16.1 Å². The topological polar surface area (TPSA) is 55.5 Å². The van der Waals surface area contributed by atoms with Crippen molar-refractivity contribution in [2.24, 2.45) is 11.7 Å². The molecular weight excluding hydrogens is 282 g/mol. The Kier molecular flexibility index (Phi) is 5.28. The van der Waals surface area contributed by atoms with E-state index in [9.17, 15) is 5.11 Å². The van der Waals surface area contributed by atoms with Crippen molar-refractivity contribution in [2.75, 3.05) is 7.11 Å². The van der Waals surface area contributed by atoms with Crippen molar-refractivity contribution in [3.05, 3.63) is 22.2 Å². The minimum absolute atomic E-state index is 0.133. The molecule has 4 heteroatoms. The smallest absolute Gasteiger partial charge is 0.172 e. The predicted octanol–water partition coefficient (Wildman–Crippen LogP) is 3.08. The highest BCUT2D eigenvalue weighted by molar-refractivity contribution is 9.10. The number of hydrogen-bond donors (Lipinski definition) is 2. The molecule has 0 saturated carbocycles. The van der Waals surface area contributed by atoms with E-state index in [-0.39, 0.29) is 11.8 Å². The van der Waals surface area contributed by atoms with Crippen LogP contribution in [0.15, 0.2) is 16.6 Å². The summed E-state index contributed by atoms with van der Waals surface area (Å²) >= 11 is 3.31. The molecule has 0 heterocycles. The largest absolute Gasteiger partial charge is 0.503 e. The van der Waals surface area contributed by atoms with Crippen molar-refractivity contribution in [1.29, 1.82) is 0 Å². The van der Waals surface area contributed by atoms with Gasteiger partial charge in [0.15, 0.2) is 11.5 Å². The Morgan fingerprint density at radius 3 is 2.59 bits per heavy atom. The summed E-state index contributed by atoms with van der Waals surface area (Å²) in [6.07, 6.45) is 1.77. The monoisotopic (exact) mass is 301 g/mol. The summed E-state index contributed by atoms with van der Waals surface area (Å²) in [5.74, 6) is 1.20. The second-order valence-electron chi connectivity index (χ2n) is 4.72. The van der Waals surface area contributed by atoms with Gasteiger partial charge in [0.2, 0.25) is 0 Å². The highest BCUT2D eigenvalue weighted by atomic mass is 79.9. The molecule has 1 atom stereocenters. The molecule has 3 nitrogen and oxygen atoms in total. The zero-order valence-electron chi connectivity index (χ0n) is 10.5. The van der Waals surface area contributed by atoms with Crippen LogP contribution in [0.1, 0.15) is 25.8 Å². The van der Waals surface area contributed by atoms with Gasteiger partial charge in [-0.15, -0.1) is 0 Å². The Morgan fingerprint density at radius 1 is 1.41 bits per heavy atom. The van der Waals surface area contributed by atoms with E-state index in [1.165, 1.54) is 0 Å². The molecule has 3 N–H and O–H groups in total. The second kappa shape index (κ2) is 6.26. The minimum Gasteiger partial charge on any atom is -0.503 e. The lowest BCUT2D eigenvalue weighted by Gasteiger charge is -2.15. The standard InChI is InChI=1S/C13H20BrNO2/c1-8(2)4-10(15)5-9-6-11(14)13(16)12(7-9)17-3/h6-8,10,16H,4-5,15H2,1-3H3. The fraction of sp³-hybridized carbons (Fsp3) is 0.538. The first-order chi connectivity index (χ1) is 7.93. The molecule has 96 valence electrons. The Hall–Kier alpha value is -0.740. The van der Waals surface area contributed by atoms with Gasteiger partial charge in [-0.3, -0.25) is 0 Å². The van der Waals surface area contributed by atoms with Gasteiger partial charge in [-0.2, -0.15) is 0 Å². The quantitative estimate of drug-likeness (QED) is 0.879. The van der Waals surface area contributed by atoms with Crippen LogP contribution in [0.25, 0.3) is 0 Å². The lowest BCUT2D eigenvalue weighted by molar-refractivity contribution is 0.371. The zero-order chi connectivity index (χ0) is 13.0. The maximum absolute atomic E-state index is 9.70. The summed E-state index contributed by atoms with van der Waals surface area (Å²) < 4.78 is 5.75. The lowest BCUT2D eigenvalue weighted by atomic mass is 9.98. The highest BCUT2D eigenvalue weighted by Gasteiger charge is 2.12. The lowest BCUT2D eigenvalue weighted by Crippen LogP contribution is -2.24. The summed E-state index contributed by atoms with van der Waals surface area (Å²) in [5, 5.41) is 9.70. The van der Waals surface area contributed by atoms with Gasteiger partial charge >= 0.3 is 0 Å². The molecule has 0 bridgehead atoms. The first kappa shape index (κ1) is 14.3. The van der Waals surface area contributed by atoms with Gasteiger partial charge in [0.1, 0.15) is 0 Å². The van der Waals surface area contributed by atoms with Crippen molar-refractivity contribution in [2.45, 2.75) is 32.7 Å². The molecule has 0 fully saturated rings. The van der Waals surface area contributed by atoms with Crippen molar-refractivity contribution in [3.8, 4) is 11.5 Å². The van der Waals surface area contributed by atoms with Gasteiger partial charge in [0.25, 0.3) is 0 Å². The average Bonchev–Trinajstić information content (AvgIpc) is 2.21. The van der Waals surface area contributed by atoms with E-state index in [2.05, 4.69) is 29.8 Å². The number of rotatable bonds is 5. The number of halogens is 1. The van der Waals surface area contributed by atoms with Crippen molar-refractivity contribution in [1.82, 2.24) is 0 Å². The molecule has 1 rings (SSSR count). The molecular formula is C13H20BrNO2. The third kappa shape index (κ3) is 4.21. The van der Waals surface area contributed by atoms with Gasteiger partial charge in [0.05, 0.1) is 11.6 Å². The fourth-order valence-corrected chi connectivity index (χ4v) is 2.38. The van der Waals surface area contributed by atoms with Crippen LogP contribution in [0.2, 0.25) is 0 Å². The zero-order valence-corrected chi connectivity index (χ0v) is 12.1. The van der Waals surface area contributed by atoms with Crippen LogP contribution < -0.4 is 10.5 Å². The van der Waals surface area contributed by atoms with E-state index in [4.69, 9.17) is 10.5 Å². The summed E-state index contributed by atoms with van der Waals surface area (Å²) in [6.45, 7) is 4.32. The normalized spacial score (nSPS) is 12.8. The third-order valence-electron chi connectivity index (χ3n) is 2.58. The fourth-order valence-electron chi connectivity index (χ4n) is 1.89. The molecule has 0 aliphatic heterocycles. The Labute approximate surface area is 111 Å². The number of benzene rings is 1. The number of phenolic OH excluding ortho intramolecular Hbond substituents is 1. The first-order valence-electron chi connectivity index (χ1n) is 5.75. The second-order valence-corrected chi connectivity index (χ2v) is 5.58. The van der Waals surface area contributed by atoms with E-state index < -0.39 is 0 Å². The highest BCUT2D eigenvalue weighted by Crippen LogP contribution is 2.35. The molecule has 0 spiro atoms. The van der Waals surface area contributed by atoms with Gasteiger partial charge in [-0.05, 0) is 52.4 Å². The summed E-state index contributed by atoms with van der Waals surface area (Å²) in [6, 6.07) is 3.86. The maximum atomic E-state index is 9.70. The molecule has 0 aliphatic rings. The molecule has 0 radical (unpaired) electrons. The van der Waals surface area contributed by atoms with Crippen LogP contribution in [0.3, 0.4) is 0 Å². The molecule has 1 unspecified atom stereocenters. The molecule has 1 aromatic rings. The predicted molar refractivity (Wildman–Crippen MR) is 73.5 cm³/mol. The first-order valence-corrected chi connectivity index (χ1v) is 6.54. The van der Waals surface area contributed by atoms with E-state index in [1.807, 2.05) is 12.1 Å². The summed E-state index contributed by atoms with van der Waals surface area (Å²) in [7, 11) is 1.54. The number of phenols is 1. The van der Waals surface area contributed by atoms with E-state index in [0.717, 1.165) is 18.4 Å². The number of aromatic hydroxyl groups is 1. The Bertz CT molecular complexity index is 380. The molecule has 1 aromatic carbocycles. The van der Waals surface area contributed by atoms with Gasteiger partial charge in [-0.25, -0.2) is 0 Å². The van der Waals surface area contributed by atoms with Crippen molar-refractivity contribution in [3.63, 3.8) is 0 Å². The van der Waals surface area contributed by atoms with Crippen LogP contribution in [-0.2, 0) is 6.42 Å². The van der Waals surface area contributed by atoms with Crippen molar-refractivity contribution < 1.29 is 9.84 Å². The maximum Gasteiger partial charge on any atom is 0.172 e. The van der Waals surface area contributed by atoms with Crippen LogP contribution in [0, 0.1) is 5.92 Å². The van der Waals surface area contributed by atoms with Crippen LogP contribution in [0.5, 0.6) is 11.5 Å². The molecule has 17 heavy (non-hydrogen) atoms. The van der Waals surface area contributed by atoms with Crippen LogP contribution in [-0.4, -0.2) is 18.3 Å². The van der Waals surface area contributed by atoms with E-state index in [1.54, 1.807) is 7.11 Å². The van der Waals surface area contributed by atoms with E-state index >= 15 is 0 Å². The molecule has 0 aliphatic carbocycles. The molecule has 0 amide bonds. The molecule has 0 saturated heterocycles. The van der Waals surface area contributed by atoms with Gasteiger partial charge in [0, 0.05) is 6.04 Å². The average molecular weight is 302 g/mol. The van der Waals surface area contributed by atoms with Crippen LogP contribution >= 0.6 is 15.9 Å². The third-order valence-corrected chi connectivity index (χ3v) is 3.18. The number of ether oxygens (including phenoxy) is 1. The Balaban J connectivity index is 2.81. The summed E-state index contributed by atoms with van der Waals surface area (Å²) in [5.41, 5.74) is 7.14. The SMILES string of the molecule is COc1cc(CC(N)CC(C)C)cc(Br)c1O. The van der Waals surface area contributed by atoms with Gasteiger partial charge in [-0.1, -0.05) is 13.8 Å². The van der Waals surface area contributed by atoms with Gasteiger partial charge < -0.3 is 15.6 Å².